The fourth-order valence-electron chi connectivity index (χ4n) is 2.52. The number of nitrogens with one attached hydrogen (secondary N) is 1. The van der Waals surface area contributed by atoms with E-state index in [1.807, 2.05) is 6.07 Å². The molecule has 2 rings (SSSR count). The molecule has 18 heavy (non-hydrogen) atoms. The Hall–Kier alpha value is -0.730. The van der Waals surface area contributed by atoms with Crippen molar-refractivity contribution in [3.63, 3.8) is 0 Å². The SMILES string of the molecule is CCNCc1c(Cl)cccc1N1CCC(C)CC1. The van der Waals surface area contributed by atoms with Crippen molar-refractivity contribution in [2.24, 2.45) is 5.92 Å². The van der Waals surface area contributed by atoms with E-state index in [4.69, 9.17) is 11.6 Å². The number of halogens is 1. The summed E-state index contributed by atoms with van der Waals surface area (Å²) in [5.41, 5.74) is 2.56. The fourth-order valence-corrected chi connectivity index (χ4v) is 2.75. The molecule has 0 unspecified atom stereocenters. The first kappa shape index (κ1) is 13.7. The van der Waals surface area contributed by atoms with Crippen molar-refractivity contribution in [2.45, 2.75) is 33.2 Å². The van der Waals surface area contributed by atoms with E-state index in [-0.39, 0.29) is 0 Å². The summed E-state index contributed by atoms with van der Waals surface area (Å²) in [5.74, 6) is 0.859. The highest BCUT2D eigenvalue weighted by molar-refractivity contribution is 6.31. The predicted octanol–water partition coefficient (Wildman–Crippen LogP) is 3.69. The molecule has 1 saturated heterocycles. The summed E-state index contributed by atoms with van der Waals surface area (Å²) in [6.45, 7) is 8.61. The average molecular weight is 267 g/mol. The highest BCUT2D eigenvalue weighted by Crippen LogP contribution is 2.30. The maximum absolute atomic E-state index is 6.35. The normalized spacial score (nSPS) is 17.2. The molecule has 3 heteroatoms. The minimum atomic E-state index is 0.859. The molecule has 1 heterocycles. The zero-order valence-corrected chi connectivity index (χ0v) is 12.1. The fraction of sp³-hybridized carbons (Fsp3) is 0.600. The molecule has 0 aliphatic carbocycles. The van der Waals surface area contributed by atoms with E-state index in [0.29, 0.717) is 0 Å². The number of nitrogens with zero attached hydrogens (tertiary/aromatic N) is 1. The molecular weight excluding hydrogens is 244 g/mol. The van der Waals surface area contributed by atoms with Crippen LogP contribution in [0.5, 0.6) is 0 Å². The molecule has 0 saturated carbocycles. The Bertz CT molecular complexity index is 384. The maximum Gasteiger partial charge on any atom is 0.0471 e. The van der Waals surface area contributed by atoms with Gasteiger partial charge in [0.15, 0.2) is 0 Å². The van der Waals surface area contributed by atoms with E-state index < -0.39 is 0 Å². The monoisotopic (exact) mass is 266 g/mol. The van der Waals surface area contributed by atoms with E-state index in [1.54, 1.807) is 0 Å². The van der Waals surface area contributed by atoms with Crippen LogP contribution >= 0.6 is 11.6 Å². The lowest BCUT2D eigenvalue weighted by Gasteiger charge is -2.33. The minimum Gasteiger partial charge on any atom is -0.371 e. The summed E-state index contributed by atoms with van der Waals surface area (Å²) < 4.78 is 0. The van der Waals surface area contributed by atoms with Crippen LogP contribution in [0.4, 0.5) is 5.69 Å². The molecule has 0 bridgehead atoms. The molecule has 0 radical (unpaired) electrons. The molecule has 1 fully saturated rings. The lowest BCUT2D eigenvalue weighted by Crippen LogP contribution is -2.33. The molecule has 0 atom stereocenters. The van der Waals surface area contributed by atoms with Gasteiger partial charge in [0, 0.05) is 35.9 Å². The Morgan fingerprint density at radius 3 is 2.72 bits per heavy atom. The Morgan fingerprint density at radius 2 is 2.06 bits per heavy atom. The van der Waals surface area contributed by atoms with E-state index in [1.165, 1.54) is 24.1 Å². The van der Waals surface area contributed by atoms with Crippen LogP contribution < -0.4 is 10.2 Å². The quantitative estimate of drug-likeness (QED) is 0.894. The van der Waals surface area contributed by atoms with Crippen LogP contribution in [-0.4, -0.2) is 19.6 Å². The molecule has 2 nitrogen and oxygen atoms in total. The standard InChI is InChI=1S/C15H23ClN2/c1-3-17-11-13-14(16)5-4-6-15(13)18-9-7-12(2)8-10-18/h4-6,12,17H,3,7-11H2,1-2H3. The van der Waals surface area contributed by atoms with Crippen LogP contribution in [-0.2, 0) is 6.54 Å². The zero-order valence-electron chi connectivity index (χ0n) is 11.4. The van der Waals surface area contributed by atoms with E-state index >= 15 is 0 Å². The topological polar surface area (TPSA) is 15.3 Å². The summed E-state index contributed by atoms with van der Waals surface area (Å²) >= 11 is 6.35. The van der Waals surface area contributed by atoms with E-state index in [9.17, 15) is 0 Å². The van der Waals surface area contributed by atoms with Crippen LogP contribution in [0.1, 0.15) is 32.3 Å². The van der Waals surface area contributed by atoms with Crippen molar-refractivity contribution in [1.82, 2.24) is 5.32 Å². The number of benzene rings is 1. The summed E-state index contributed by atoms with van der Waals surface area (Å²) in [5, 5.41) is 4.26. The number of hydrogen-bond acceptors (Lipinski definition) is 2. The van der Waals surface area contributed by atoms with Gasteiger partial charge in [0.1, 0.15) is 0 Å². The Labute approximate surface area is 115 Å². The van der Waals surface area contributed by atoms with Crippen molar-refractivity contribution in [3.8, 4) is 0 Å². The van der Waals surface area contributed by atoms with Gasteiger partial charge in [0.05, 0.1) is 0 Å². The summed E-state index contributed by atoms with van der Waals surface area (Å²) in [7, 11) is 0. The molecular formula is C15H23ClN2. The van der Waals surface area contributed by atoms with E-state index in [2.05, 4.69) is 36.2 Å². The Balaban J connectivity index is 2.18. The van der Waals surface area contributed by atoms with Crippen LogP contribution in [0.3, 0.4) is 0 Å². The maximum atomic E-state index is 6.35. The molecule has 1 aliphatic rings. The minimum absolute atomic E-state index is 0.859. The third kappa shape index (κ3) is 3.18. The van der Waals surface area contributed by atoms with Crippen LogP contribution in [0.2, 0.25) is 5.02 Å². The Kier molecular flexibility index (Phi) is 4.90. The predicted molar refractivity (Wildman–Crippen MR) is 79.4 cm³/mol. The van der Waals surface area contributed by atoms with Gasteiger partial charge in [-0.1, -0.05) is 31.5 Å². The number of piperidine rings is 1. The van der Waals surface area contributed by atoms with Gasteiger partial charge in [-0.3, -0.25) is 0 Å². The second kappa shape index (κ2) is 6.44. The van der Waals surface area contributed by atoms with Crippen LogP contribution in [0, 0.1) is 5.92 Å². The summed E-state index contributed by atoms with van der Waals surface area (Å²) in [6, 6.07) is 6.25. The van der Waals surface area contributed by atoms with E-state index in [0.717, 1.165) is 37.1 Å². The molecule has 1 aromatic carbocycles. The third-order valence-electron chi connectivity index (χ3n) is 3.77. The van der Waals surface area contributed by atoms with Crippen molar-refractivity contribution >= 4 is 17.3 Å². The molecule has 100 valence electrons. The van der Waals surface area contributed by atoms with Crippen LogP contribution in [0.15, 0.2) is 18.2 Å². The van der Waals surface area contributed by atoms with Gasteiger partial charge in [-0.25, -0.2) is 0 Å². The van der Waals surface area contributed by atoms with Gasteiger partial charge >= 0.3 is 0 Å². The average Bonchev–Trinajstić information content (AvgIpc) is 2.38. The first-order chi connectivity index (χ1) is 8.72. The molecule has 0 spiro atoms. The van der Waals surface area contributed by atoms with Crippen molar-refractivity contribution in [3.05, 3.63) is 28.8 Å². The second-order valence-corrected chi connectivity index (χ2v) is 5.59. The lowest BCUT2D eigenvalue weighted by molar-refractivity contribution is 0.437. The van der Waals surface area contributed by atoms with Gasteiger partial charge in [0.2, 0.25) is 0 Å². The van der Waals surface area contributed by atoms with Gasteiger partial charge < -0.3 is 10.2 Å². The largest absolute Gasteiger partial charge is 0.371 e. The van der Waals surface area contributed by atoms with Gasteiger partial charge in [0.25, 0.3) is 0 Å². The molecule has 0 amide bonds. The number of rotatable bonds is 4. The highest BCUT2D eigenvalue weighted by Gasteiger charge is 2.19. The second-order valence-electron chi connectivity index (χ2n) is 5.19. The first-order valence-electron chi connectivity index (χ1n) is 6.95. The third-order valence-corrected chi connectivity index (χ3v) is 4.12. The highest BCUT2D eigenvalue weighted by atomic mass is 35.5. The molecule has 0 aromatic heterocycles. The number of hydrogen-bond donors (Lipinski definition) is 1. The molecule has 1 N–H and O–H groups in total. The van der Waals surface area contributed by atoms with Crippen molar-refractivity contribution in [1.29, 1.82) is 0 Å². The van der Waals surface area contributed by atoms with Crippen molar-refractivity contribution in [2.75, 3.05) is 24.5 Å². The van der Waals surface area contributed by atoms with Gasteiger partial charge in [-0.2, -0.15) is 0 Å². The molecule has 1 aromatic rings. The van der Waals surface area contributed by atoms with Gasteiger partial charge in [-0.05, 0) is 37.4 Å². The smallest absolute Gasteiger partial charge is 0.0471 e. The summed E-state index contributed by atoms with van der Waals surface area (Å²) in [4.78, 5) is 2.48. The Morgan fingerprint density at radius 1 is 1.33 bits per heavy atom. The zero-order chi connectivity index (χ0) is 13.0. The summed E-state index contributed by atoms with van der Waals surface area (Å²) in [6.07, 6.45) is 2.57. The molecule has 1 aliphatic heterocycles. The van der Waals surface area contributed by atoms with Gasteiger partial charge in [-0.15, -0.1) is 0 Å². The first-order valence-corrected chi connectivity index (χ1v) is 7.33. The van der Waals surface area contributed by atoms with Crippen LogP contribution in [0.25, 0.3) is 0 Å². The lowest BCUT2D eigenvalue weighted by atomic mass is 9.98. The number of anilines is 1. The van der Waals surface area contributed by atoms with Crippen molar-refractivity contribution < 1.29 is 0 Å².